The van der Waals surface area contributed by atoms with E-state index in [0.29, 0.717) is 0 Å². The first-order valence-electron chi connectivity index (χ1n) is 20.8. The molecule has 12 rings (SSSR count). The molecule has 4 heterocycles. The molecular weight excluding hydrogens is 800 g/mol. The molecule has 1 aromatic heterocycles. The van der Waals surface area contributed by atoms with Crippen LogP contribution in [0.1, 0.15) is 22.3 Å². The first-order valence-corrected chi connectivity index (χ1v) is 27.9. The molecule has 296 valence electrons. The van der Waals surface area contributed by atoms with E-state index in [1.54, 1.807) is 32.3 Å². The lowest BCUT2D eigenvalue weighted by Crippen LogP contribution is -2.24. The van der Waals surface area contributed by atoms with Crippen molar-refractivity contribution in [2.24, 2.45) is 6.66 Å². The Morgan fingerprint density at radius 3 is 1.05 bits per heavy atom. The molecule has 0 N–H and O–H groups in total. The van der Waals surface area contributed by atoms with Gasteiger partial charge in [0.1, 0.15) is 11.5 Å². The molecule has 0 saturated carbocycles. The zero-order valence-corrected chi connectivity index (χ0v) is 38.4. The maximum absolute atomic E-state index is 5.86. The first kappa shape index (κ1) is 40.6. The van der Waals surface area contributed by atoms with Crippen LogP contribution in [0, 0.1) is 0 Å². The number of para-hydroxylation sites is 2. The minimum Gasteiger partial charge on any atom is -0.456 e. The van der Waals surface area contributed by atoms with E-state index >= 15 is 0 Å². The molecule has 5 heteroatoms. The Kier molecular flexibility index (Phi) is 12.4. The minimum atomic E-state index is -0.248. The van der Waals surface area contributed by atoms with Gasteiger partial charge in [-0.1, -0.05) is 182 Å². The Hall–Kier alpha value is -4.85. The number of aryl methyl sites for hydroxylation is 3. The molecular formula is C55H50OP4. The molecule has 9 aromatic rings. The summed E-state index contributed by atoms with van der Waals surface area (Å²) in [5.74, 6) is 2.04. The van der Waals surface area contributed by atoms with E-state index in [0.717, 1.165) is 17.9 Å². The van der Waals surface area contributed by atoms with Crippen LogP contribution in [0.4, 0.5) is 0 Å². The third kappa shape index (κ3) is 8.28. The van der Waals surface area contributed by atoms with Gasteiger partial charge in [0.2, 0.25) is 0 Å². The van der Waals surface area contributed by atoms with Crippen molar-refractivity contribution in [2.75, 3.05) is 20.0 Å². The van der Waals surface area contributed by atoms with Crippen molar-refractivity contribution in [1.29, 1.82) is 0 Å². The van der Waals surface area contributed by atoms with Gasteiger partial charge in [0, 0.05) is 20.8 Å². The Morgan fingerprint density at radius 1 is 0.317 bits per heavy atom. The van der Waals surface area contributed by atoms with Crippen molar-refractivity contribution in [1.82, 2.24) is 0 Å². The summed E-state index contributed by atoms with van der Waals surface area (Å²) >= 11 is 0. The van der Waals surface area contributed by atoms with Crippen molar-refractivity contribution in [3.05, 3.63) is 216 Å². The average molecular weight is 851 g/mol. The van der Waals surface area contributed by atoms with E-state index < -0.39 is 0 Å². The second-order valence-electron chi connectivity index (χ2n) is 15.5. The number of ether oxygens (including phenoxy) is 1. The molecule has 0 atom stereocenters. The Bertz CT molecular complexity index is 2640. The fourth-order valence-corrected chi connectivity index (χ4v) is 16.7. The van der Waals surface area contributed by atoms with E-state index in [1.165, 1.54) is 55.6 Å². The van der Waals surface area contributed by atoms with Gasteiger partial charge in [0.25, 0.3) is 0 Å². The van der Waals surface area contributed by atoms with E-state index in [-0.39, 0.29) is 31.3 Å². The van der Waals surface area contributed by atoms with Gasteiger partial charge >= 0.3 is 0 Å². The summed E-state index contributed by atoms with van der Waals surface area (Å²) in [5.41, 5.74) is 6.13. The van der Waals surface area contributed by atoms with Crippen LogP contribution >= 0.6 is 31.3 Å². The molecule has 60 heavy (non-hydrogen) atoms. The third-order valence-corrected chi connectivity index (χ3v) is 21.0. The normalized spacial score (nSPS) is 13.7. The highest BCUT2D eigenvalue weighted by atomic mass is 31.1. The van der Waals surface area contributed by atoms with Gasteiger partial charge < -0.3 is 4.74 Å². The molecule has 0 radical (unpaired) electrons. The van der Waals surface area contributed by atoms with Crippen molar-refractivity contribution >= 4 is 84.1 Å². The molecule has 0 aliphatic carbocycles. The standard InChI is InChI=1S/C15H15P.C14H13P.C13H11OP.C13H11P/c1-16-14-8-4-2-6-12(14)10-11-13-7-3-5-9-15(13)16;1-15-13-8-4-2-6-11(13)10-12-7-3-5-9-14(12)15;1-15-12-8-4-2-6-10(12)14-11-7-3-5-9-13(11)15;1-14-12-8-4-2-6-10(12)11-7-3-5-9-13(11)14/h2-9H,10-11H2,1H3;2-9H,10H2,1H3;2-9H,1H3;2-9H,1H3. The van der Waals surface area contributed by atoms with Crippen molar-refractivity contribution < 1.29 is 4.74 Å². The predicted molar refractivity (Wildman–Crippen MR) is 270 cm³/mol. The fourth-order valence-electron chi connectivity index (χ4n) is 8.81. The van der Waals surface area contributed by atoms with Gasteiger partial charge in [-0.3, -0.25) is 0 Å². The average Bonchev–Trinajstić information content (AvgIpc) is 3.51. The van der Waals surface area contributed by atoms with E-state index in [9.17, 15) is 0 Å². The summed E-state index contributed by atoms with van der Waals surface area (Å²) in [6.07, 6.45) is 3.50. The molecule has 0 amide bonds. The van der Waals surface area contributed by atoms with Crippen LogP contribution in [0.2, 0.25) is 0 Å². The van der Waals surface area contributed by atoms with Crippen molar-refractivity contribution in [3.8, 4) is 11.5 Å². The maximum Gasteiger partial charge on any atom is 0.135 e. The lowest BCUT2D eigenvalue weighted by atomic mass is 10.0. The number of hydrogen-bond acceptors (Lipinski definition) is 1. The summed E-state index contributed by atoms with van der Waals surface area (Å²) in [7, 11) is -0.618. The van der Waals surface area contributed by atoms with Gasteiger partial charge in [0.15, 0.2) is 0 Å². The van der Waals surface area contributed by atoms with Gasteiger partial charge in [0.05, 0.1) is 0 Å². The first-order chi connectivity index (χ1) is 29.5. The van der Waals surface area contributed by atoms with Crippen LogP contribution < -0.4 is 36.6 Å². The highest BCUT2D eigenvalue weighted by molar-refractivity contribution is 7.73. The van der Waals surface area contributed by atoms with Gasteiger partial charge in [-0.15, -0.1) is 7.53 Å². The Balaban J connectivity index is 0.000000103. The van der Waals surface area contributed by atoms with Crippen LogP contribution in [-0.2, 0) is 25.9 Å². The lowest BCUT2D eigenvalue weighted by Gasteiger charge is -2.25. The molecule has 3 aliphatic heterocycles. The Morgan fingerprint density at radius 2 is 0.617 bits per heavy atom. The largest absolute Gasteiger partial charge is 0.456 e. The van der Waals surface area contributed by atoms with Crippen LogP contribution in [0.15, 0.2) is 194 Å². The van der Waals surface area contributed by atoms with Crippen LogP contribution in [0.25, 0.3) is 21.0 Å². The monoisotopic (exact) mass is 850 g/mol. The summed E-state index contributed by atoms with van der Waals surface area (Å²) < 4.78 is 5.86. The quantitative estimate of drug-likeness (QED) is 0.138. The molecule has 0 spiro atoms. The number of benzene rings is 8. The van der Waals surface area contributed by atoms with Gasteiger partial charge in [-0.25, -0.2) is 0 Å². The maximum atomic E-state index is 5.86. The van der Waals surface area contributed by atoms with Crippen LogP contribution in [0.3, 0.4) is 0 Å². The molecule has 0 bridgehead atoms. The van der Waals surface area contributed by atoms with Crippen molar-refractivity contribution in [3.63, 3.8) is 0 Å². The number of rotatable bonds is 0. The molecule has 1 nitrogen and oxygen atoms in total. The summed E-state index contributed by atoms with van der Waals surface area (Å²) in [5, 5.41) is 14.9. The second-order valence-corrected chi connectivity index (χ2v) is 23.8. The summed E-state index contributed by atoms with van der Waals surface area (Å²) in [6.45, 7) is 9.39. The van der Waals surface area contributed by atoms with Gasteiger partial charge in [-0.05, 0) is 136 Å². The molecule has 0 saturated heterocycles. The zero-order chi connectivity index (χ0) is 41.0. The Labute approximate surface area is 360 Å². The topological polar surface area (TPSA) is 9.23 Å². The van der Waals surface area contributed by atoms with E-state index in [1.807, 2.05) is 24.3 Å². The molecule has 3 aliphatic rings. The summed E-state index contributed by atoms with van der Waals surface area (Å²) in [6, 6.07) is 69.8. The molecule has 8 aromatic carbocycles. The van der Waals surface area contributed by atoms with Gasteiger partial charge in [-0.2, -0.15) is 0 Å². The smallest absolute Gasteiger partial charge is 0.135 e. The highest BCUT2D eigenvalue weighted by Gasteiger charge is 2.23. The SMILES string of the molecule is CP1c2ccccc2CCc2ccccc21.CP1c2ccccc2Cc2ccccc21.CP1c2ccccc2Oc2ccccc21.Cp1c2ccccc2c2ccccc21. The fraction of sp³-hybridized carbons (Fsp3) is 0.127. The van der Waals surface area contributed by atoms with Crippen molar-refractivity contribution in [2.45, 2.75) is 19.3 Å². The zero-order valence-electron chi connectivity index (χ0n) is 34.8. The molecule has 0 unspecified atom stereocenters. The lowest BCUT2D eigenvalue weighted by molar-refractivity contribution is 0.488. The minimum absolute atomic E-state index is 0.0967. The molecule has 0 fully saturated rings. The van der Waals surface area contributed by atoms with E-state index in [4.69, 9.17) is 4.74 Å². The highest BCUT2D eigenvalue weighted by Crippen LogP contribution is 2.46. The second kappa shape index (κ2) is 18.4. The number of fused-ring (bicyclic) bond motifs is 9. The van der Waals surface area contributed by atoms with Crippen LogP contribution in [0.5, 0.6) is 11.5 Å². The summed E-state index contributed by atoms with van der Waals surface area (Å²) in [4.78, 5) is 0. The predicted octanol–water partition coefficient (Wildman–Crippen LogP) is 12.9. The third-order valence-electron chi connectivity index (χ3n) is 12.0. The van der Waals surface area contributed by atoms with E-state index in [2.05, 4.69) is 197 Å². The number of hydrogen-bond donors (Lipinski definition) is 0. The van der Waals surface area contributed by atoms with Crippen LogP contribution in [-0.4, -0.2) is 20.0 Å².